The topological polar surface area (TPSA) is 148 Å². The van der Waals surface area contributed by atoms with Crippen molar-refractivity contribution < 1.29 is 29.0 Å². The zero-order chi connectivity index (χ0) is 28.9. The number of ether oxygens (including phenoxy) is 2. The Labute approximate surface area is 244 Å². The minimum atomic E-state index is -1.24. The van der Waals surface area contributed by atoms with E-state index < -0.39 is 41.5 Å². The number of amides is 3. The summed E-state index contributed by atoms with van der Waals surface area (Å²) < 4.78 is 13.5. The highest BCUT2D eigenvalue weighted by Crippen LogP contribution is 2.60. The largest absolute Gasteiger partial charge is 0.494 e. The lowest BCUT2D eigenvalue weighted by molar-refractivity contribution is -0.144. The Morgan fingerprint density at radius 1 is 1.22 bits per heavy atom. The highest BCUT2D eigenvalue weighted by molar-refractivity contribution is 9.09. The van der Waals surface area contributed by atoms with Crippen molar-refractivity contribution in [2.75, 3.05) is 18.5 Å². The van der Waals surface area contributed by atoms with Gasteiger partial charge in [0.25, 0.3) is 0 Å². The van der Waals surface area contributed by atoms with Crippen molar-refractivity contribution in [2.24, 2.45) is 11.8 Å². The van der Waals surface area contributed by atoms with Gasteiger partial charge in [-0.15, -0.1) is 5.10 Å². The number of hydrogen-bond acceptors (Lipinski definition) is 8. The maximum Gasteiger partial charge on any atom is 0.247 e. The lowest BCUT2D eigenvalue weighted by atomic mass is 9.70. The Hall–Kier alpha value is -3.55. The van der Waals surface area contributed by atoms with Crippen LogP contribution in [0.5, 0.6) is 5.75 Å². The number of benzene rings is 2. The van der Waals surface area contributed by atoms with E-state index in [1.54, 1.807) is 35.9 Å². The van der Waals surface area contributed by atoms with Gasteiger partial charge in [0, 0.05) is 10.5 Å². The number of nitrogens with zero attached hydrogens (tertiary/aromatic N) is 4. The molecule has 0 saturated carbocycles. The van der Waals surface area contributed by atoms with Gasteiger partial charge in [-0.1, -0.05) is 33.3 Å². The van der Waals surface area contributed by atoms with Crippen LogP contribution >= 0.6 is 15.9 Å². The van der Waals surface area contributed by atoms with Crippen molar-refractivity contribution in [1.82, 2.24) is 25.2 Å². The summed E-state index contributed by atoms with van der Waals surface area (Å²) in [5.74, 6) is -2.24. The number of fused-ring (bicyclic) bond motifs is 2. The first kappa shape index (κ1) is 27.6. The first-order chi connectivity index (χ1) is 19.8. The third kappa shape index (κ3) is 4.46. The van der Waals surface area contributed by atoms with Crippen LogP contribution in [0.4, 0.5) is 5.69 Å². The van der Waals surface area contributed by atoms with Crippen molar-refractivity contribution in [3.8, 4) is 5.75 Å². The van der Waals surface area contributed by atoms with Crippen LogP contribution in [0.25, 0.3) is 11.0 Å². The minimum absolute atomic E-state index is 0.0228. The van der Waals surface area contributed by atoms with E-state index in [9.17, 15) is 19.5 Å². The van der Waals surface area contributed by atoms with Gasteiger partial charge in [0.15, 0.2) is 0 Å². The Bertz CT molecular complexity index is 1480. The normalized spacial score (nSPS) is 29.0. The van der Waals surface area contributed by atoms with Gasteiger partial charge in [0.2, 0.25) is 17.7 Å². The third-order valence-corrected chi connectivity index (χ3v) is 9.12. The molecule has 3 aromatic rings. The summed E-state index contributed by atoms with van der Waals surface area (Å²) in [5.41, 5.74) is 0.751. The summed E-state index contributed by atoms with van der Waals surface area (Å²) in [6.07, 6.45) is -0.243. The number of rotatable bonds is 9. The fraction of sp³-hybridized carbons (Fsp3) is 0.464. The van der Waals surface area contributed by atoms with E-state index in [0.29, 0.717) is 30.0 Å². The summed E-state index contributed by atoms with van der Waals surface area (Å²) in [7, 11) is 0. The Balaban J connectivity index is 1.28. The van der Waals surface area contributed by atoms with E-state index >= 15 is 0 Å². The summed E-state index contributed by atoms with van der Waals surface area (Å²) >= 11 is 3.66. The van der Waals surface area contributed by atoms with E-state index in [2.05, 4.69) is 36.9 Å². The molecule has 1 spiro atoms. The number of nitrogens with one attached hydrogen (secondary N) is 2. The molecule has 41 heavy (non-hydrogen) atoms. The molecule has 3 fully saturated rings. The molecule has 12 nitrogen and oxygen atoms in total. The number of hydrogen-bond donors (Lipinski definition) is 3. The van der Waals surface area contributed by atoms with Gasteiger partial charge in [-0.2, -0.15) is 0 Å². The van der Waals surface area contributed by atoms with Crippen molar-refractivity contribution in [3.05, 3.63) is 48.5 Å². The smallest absolute Gasteiger partial charge is 0.247 e. The maximum atomic E-state index is 14.0. The molecule has 3 aliphatic rings. The first-order valence-corrected chi connectivity index (χ1v) is 14.5. The number of para-hydroxylation sites is 1. The van der Waals surface area contributed by atoms with Crippen LogP contribution in [-0.2, 0) is 25.8 Å². The molecule has 3 N–H and O–H groups in total. The van der Waals surface area contributed by atoms with E-state index in [1.165, 1.54) is 4.90 Å². The standard InChI is InChI=1S/C28H31BrN6O6/c1-3-40-17-10-8-16(9-11-17)31-25(37)21-22-27(39)35(15(2)13-36)24(28(22)12-18(29)23(21)41-28)26(38)30-14-34-20-7-5-4-6-19(20)32-33-34/h4-11,15,18,21-24,36H,3,12-14H2,1-2H3,(H,30,38)(H,31,37)/t15-,18?,21+,22+,23+,24?,28?/m1/s1. The van der Waals surface area contributed by atoms with Crippen LogP contribution in [0.2, 0.25) is 0 Å². The fourth-order valence-corrected chi connectivity index (χ4v) is 7.48. The molecule has 3 saturated heterocycles. The lowest BCUT2D eigenvalue weighted by Crippen LogP contribution is -2.57. The summed E-state index contributed by atoms with van der Waals surface area (Å²) in [5, 5.41) is 24.1. The summed E-state index contributed by atoms with van der Waals surface area (Å²) in [6.45, 7) is 3.76. The van der Waals surface area contributed by atoms with Gasteiger partial charge in [0.1, 0.15) is 29.6 Å². The van der Waals surface area contributed by atoms with E-state index in [0.717, 1.165) is 5.52 Å². The molecule has 6 rings (SSSR count). The minimum Gasteiger partial charge on any atom is -0.494 e. The van der Waals surface area contributed by atoms with Crippen molar-refractivity contribution >= 4 is 50.4 Å². The zero-order valence-corrected chi connectivity index (χ0v) is 24.2. The van der Waals surface area contributed by atoms with Gasteiger partial charge in [-0.05, 0) is 56.7 Å². The van der Waals surface area contributed by atoms with Gasteiger partial charge < -0.3 is 30.1 Å². The van der Waals surface area contributed by atoms with Crippen molar-refractivity contribution in [2.45, 2.75) is 55.6 Å². The summed E-state index contributed by atoms with van der Waals surface area (Å²) in [6, 6.07) is 12.6. The number of likely N-dealkylation sites (tertiary alicyclic amines) is 1. The highest BCUT2D eigenvalue weighted by atomic mass is 79.9. The number of anilines is 1. The average Bonchev–Trinajstić information content (AvgIpc) is 3.69. The van der Waals surface area contributed by atoms with Crippen LogP contribution in [0, 0.1) is 11.8 Å². The highest BCUT2D eigenvalue weighted by Gasteiger charge is 2.76. The number of aliphatic hydroxyl groups excluding tert-OH is 1. The monoisotopic (exact) mass is 626 g/mol. The molecule has 4 heterocycles. The second kappa shape index (κ2) is 10.7. The molecule has 7 atom stereocenters. The third-order valence-electron chi connectivity index (χ3n) is 8.27. The van der Waals surface area contributed by atoms with Crippen molar-refractivity contribution in [3.63, 3.8) is 0 Å². The Morgan fingerprint density at radius 2 is 1.98 bits per heavy atom. The van der Waals surface area contributed by atoms with E-state index in [-0.39, 0.29) is 29.9 Å². The van der Waals surface area contributed by atoms with Crippen LogP contribution in [0.3, 0.4) is 0 Å². The Kier molecular flexibility index (Phi) is 7.20. The molecule has 13 heteroatoms. The number of alkyl halides is 1. The molecular weight excluding hydrogens is 596 g/mol. The zero-order valence-electron chi connectivity index (χ0n) is 22.6. The molecule has 3 aliphatic heterocycles. The second-order valence-electron chi connectivity index (χ2n) is 10.7. The molecule has 0 aliphatic carbocycles. The van der Waals surface area contributed by atoms with Crippen LogP contribution in [0.1, 0.15) is 20.3 Å². The molecule has 3 unspecified atom stereocenters. The SMILES string of the molecule is CCOc1ccc(NC(=O)[C@H]2[C@H]3C(=O)N([C@H](C)CO)C(C(=O)NCn4nnc5ccccc54)C34CC(Br)[C@@H]2O4)cc1. The maximum absolute atomic E-state index is 14.0. The number of carbonyl (C=O) groups is 3. The predicted octanol–water partition coefficient (Wildman–Crippen LogP) is 1.67. The van der Waals surface area contributed by atoms with Crippen LogP contribution < -0.4 is 15.4 Å². The molecule has 2 bridgehead atoms. The molecular formula is C28H31BrN6O6. The predicted molar refractivity (Wildman–Crippen MR) is 151 cm³/mol. The van der Waals surface area contributed by atoms with E-state index in [4.69, 9.17) is 9.47 Å². The summed E-state index contributed by atoms with van der Waals surface area (Å²) in [4.78, 5) is 42.7. The molecule has 216 valence electrons. The van der Waals surface area contributed by atoms with Crippen LogP contribution in [0.15, 0.2) is 48.5 Å². The van der Waals surface area contributed by atoms with E-state index in [1.807, 2.05) is 31.2 Å². The van der Waals surface area contributed by atoms with Gasteiger partial charge in [-0.25, -0.2) is 4.68 Å². The number of halogens is 1. The quantitative estimate of drug-likeness (QED) is 0.304. The second-order valence-corrected chi connectivity index (χ2v) is 11.8. The number of aliphatic hydroxyl groups is 1. The van der Waals surface area contributed by atoms with Crippen LogP contribution in [-0.4, -0.2) is 84.6 Å². The van der Waals surface area contributed by atoms with Gasteiger partial charge >= 0.3 is 0 Å². The Morgan fingerprint density at radius 3 is 2.71 bits per heavy atom. The number of carbonyl (C=O) groups excluding carboxylic acids is 3. The molecule has 3 amide bonds. The molecule has 0 radical (unpaired) electrons. The molecule has 1 aromatic heterocycles. The lowest BCUT2D eigenvalue weighted by Gasteiger charge is -2.35. The van der Waals surface area contributed by atoms with Gasteiger partial charge in [0.05, 0.1) is 42.7 Å². The van der Waals surface area contributed by atoms with Gasteiger partial charge in [-0.3, -0.25) is 14.4 Å². The number of aromatic nitrogens is 3. The average molecular weight is 627 g/mol. The first-order valence-electron chi connectivity index (χ1n) is 13.6. The van der Waals surface area contributed by atoms with Crippen molar-refractivity contribution in [1.29, 1.82) is 0 Å². The molecule has 2 aromatic carbocycles. The fourth-order valence-electron chi connectivity index (χ4n) is 6.54.